The lowest BCUT2D eigenvalue weighted by atomic mass is 9.89. The van der Waals surface area contributed by atoms with E-state index in [-0.39, 0.29) is 17.7 Å². The summed E-state index contributed by atoms with van der Waals surface area (Å²) in [4.78, 5) is 14.5. The number of urea groups is 1. The zero-order chi connectivity index (χ0) is 17.3. The Morgan fingerprint density at radius 2 is 2.16 bits per heavy atom. The van der Waals surface area contributed by atoms with Crippen molar-refractivity contribution in [3.8, 4) is 0 Å². The number of amides is 2. The Balaban J connectivity index is 1.37. The molecule has 5 heteroatoms. The molecule has 2 aromatic rings. The number of nitrogens with one attached hydrogen (secondary N) is 1. The third-order valence-electron chi connectivity index (χ3n) is 5.65. The molecule has 2 amide bonds. The van der Waals surface area contributed by atoms with E-state index in [9.17, 15) is 4.79 Å². The number of benzene rings is 1. The highest BCUT2D eigenvalue weighted by Crippen LogP contribution is 2.40. The molecule has 1 N–H and O–H groups in total. The van der Waals surface area contributed by atoms with Crippen LogP contribution in [0.5, 0.6) is 0 Å². The number of carbonyl (C=O) groups excluding carboxylic acids is 1. The van der Waals surface area contributed by atoms with Crippen molar-refractivity contribution in [3.63, 3.8) is 0 Å². The maximum Gasteiger partial charge on any atom is 0.317 e. The van der Waals surface area contributed by atoms with Gasteiger partial charge in [0.05, 0.1) is 5.60 Å². The zero-order valence-electron chi connectivity index (χ0n) is 14.8. The molecule has 4 nitrogen and oxygen atoms in total. The summed E-state index contributed by atoms with van der Waals surface area (Å²) >= 11 is 1.74. The first-order valence-corrected chi connectivity index (χ1v) is 10.1. The topological polar surface area (TPSA) is 41.6 Å². The molecule has 2 aliphatic rings. The fourth-order valence-electron chi connectivity index (χ4n) is 4.29. The molecule has 1 aliphatic carbocycles. The average Bonchev–Trinajstić information content (AvgIpc) is 3.23. The van der Waals surface area contributed by atoms with Crippen LogP contribution in [0.3, 0.4) is 0 Å². The zero-order valence-corrected chi connectivity index (χ0v) is 15.6. The van der Waals surface area contributed by atoms with Gasteiger partial charge in [0.25, 0.3) is 0 Å². The number of nitrogens with zero attached hydrogens (tertiary/aromatic N) is 1. The molecule has 1 saturated carbocycles. The summed E-state index contributed by atoms with van der Waals surface area (Å²) in [6.07, 6.45) is 6.69. The van der Waals surface area contributed by atoms with Crippen molar-refractivity contribution >= 4 is 27.5 Å². The van der Waals surface area contributed by atoms with Gasteiger partial charge in [0.1, 0.15) is 0 Å². The monoisotopic (exact) mass is 358 g/mol. The van der Waals surface area contributed by atoms with Crippen LogP contribution in [0.1, 0.15) is 44.1 Å². The second-order valence-electron chi connectivity index (χ2n) is 7.49. The third kappa shape index (κ3) is 3.53. The Kier molecular flexibility index (Phi) is 4.69. The first kappa shape index (κ1) is 16.9. The molecule has 0 radical (unpaired) electrons. The van der Waals surface area contributed by atoms with Gasteiger partial charge in [0.2, 0.25) is 0 Å². The van der Waals surface area contributed by atoms with E-state index < -0.39 is 0 Å². The highest BCUT2D eigenvalue weighted by molar-refractivity contribution is 7.17. The van der Waals surface area contributed by atoms with Gasteiger partial charge in [-0.25, -0.2) is 4.79 Å². The normalized spacial score (nSPS) is 22.4. The van der Waals surface area contributed by atoms with E-state index in [4.69, 9.17) is 4.74 Å². The Morgan fingerprint density at radius 3 is 3.00 bits per heavy atom. The van der Waals surface area contributed by atoms with Crippen LogP contribution in [0, 0.1) is 0 Å². The minimum atomic E-state index is 0.0235. The van der Waals surface area contributed by atoms with Gasteiger partial charge in [-0.15, -0.1) is 11.3 Å². The molecule has 1 atom stereocenters. The highest BCUT2D eigenvalue weighted by atomic mass is 32.1. The maximum absolute atomic E-state index is 12.7. The summed E-state index contributed by atoms with van der Waals surface area (Å²) in [5, 5.41) is 6.66. The van der Waals surface area contributed by atoms with Gasteiger partial charge in [-0.2, -0.15) is 0 Å². The molecule has 1 aliphatic heterocycles. The summed E-state index contributed by atoms with van der Waals surface area (Å²) in [6, 6.07) is 8.64. The van der Waals surface area contributed by atoms with E-state index >= 15 is 0 Å². The lowest BCUT2D eigenvalue weighted by molar-refractivity contribution is -0.0823. The van der Waals surface area contributed by atoms with Gasteiger partial charge in [0, 0.05) is 30.9 Å². The molecule has 1 unspecified atom stereocenters. The number of thiophene rings is 1. The number of hydrogen-bond acceptors (Lipinski definition) is 3. The molecule has 134 valence electrons. The molecular weight excluding hydrogens is 332 g/mol. The molecular formula is C20H26N2O2S. The van der Waals surface area contributed by atoms with Crippen molar-refractivity contribution in [2.45, 2.75) is 56.7 Å². The Hall–Kier alpha value is -1.59. The van der Waals surface area contributed by atoms with Crippen LogP contribution in [-0.4, -0.2) is 36.2 Å². The third-order valence-corrected chi connectivity index (χ3v) is 6.66. The fraction of sp³-hybridized carbons (Fsp3) is 0.550. The van der Waals surface area contributed by atoms with Gasteiger partial charge in [-0.3, -0.25) is 0 Å². The van der Waals surface area contributed by atoms with Crippen LogP contribution in [0.2, 0.25) is 0 Å². The van der Waals surface area contributed by atoms with E-state index in [0.29, 0.717) is 6.54 Å². The standard InChI is InChI=1S/C20H26N2O2S/c1-22(13-15-14-25-18-7-3-2-6-17(15)18)19(23)21-16-8-11-24-20(12-16)9-4-5-10-20/h2-3,6-7,14,16H,4-5,8-13H2,1H3,(H,21,23). The first-order valence-electron chi connectivity index (χ1n) is 9.26. The van der Waals surface area contributed by atoms with Gasteiger partial charge in [-0.1, -0.05) is 31.0 Å². The molecule has 25 heavy (non-hydrogen) atoms. The number of fused-ring (bicyclic) bond motifs is 1. The van der Waals surface area contributed by atoms with Gasteiger partial charge >= 0.3 is 6.03 Å². The van der Waals surface area contributed by atoms with Gasteiger partial charge in [0.15, 0.2) is 0 Å². The average molecular weight is 359 g/mol. The van der Waals surface area contributed by atoms with E-state index in [0.717, 1.165) is 32.3 Å². The van der Waals surface area contributed by atoms with E-state index in [1.165, 1.54) is 28.5 Å². The Labute approximate surface area is 153 Å². The van der Waals surface area contributed by atoms with Crippen molar-refractivity contribution in [1.82, 2.24) is 10.2 Å². The first-order chi connectivity index (χ1) is 12.2. The molecule has 0 bridgehead atoms. The molecule has 2 fully saturated rings. The van der Waals surface area contributed by atoms with Gasteiger partial charge < -0.3 is 15.0 Å². The summed E-state index contributed by atoms with van der Waals surface area (Å²) in [5.74, 6) is 0. The molecule has 2 heterocycles. The van der Waals surface area contributed by atoms with E-state index in [1.54, 1.807) is 16.2 Å². The van der Waals surface area contributed by atoms with Crippen LogP contribution in [0.15, 0.2) is 29.6 Å². The molecule has 1 spiro atoms. The summed E-state index contributed by atoms with van der Waals surface area (Å²) in [6.45, 7) is 1.41. The van der Waals surface area contributed by atoms with Gasteiger partial charge in [-0.05, 0) is 48.1 Å². The van der Waals surface area contributed by atoms with Crippen molar-refractivity contribution in [3.05, 3.63) is 35.2 Å². The summed E-state index contributed by atoms with van der Waals surface area (Å²) in [7, 11) is 1.88. The molecule has 1 aromatic heterocycles. The minimum Gasteiger partial charge on any atom is -0.375 e. The van der Waals surface area contributed by atoms with Crippen molar-refractivity contribution in [2.75, 3.05) is 13.7 Å². The number of hydrogen-bond donors (Lipinski definition) is 1. The smallest absolute Gasteiger partial charge is 0.317 e. The van der Waals surface area contributed by atoms with Crippen LogP contribution in [-0.2, 0) is 11.3 Å². The van der Waals surface area contributed by atoms with E-state index in [2.05, 4.69) is 35.0 Å². The number of rotatable bonds is 3. The fourth-order valence-corrected chi connectivity index (χ4v) is 5.24. The maximum atomic E-state index is 12.7. The lowest BCUT2D eigenvalue weighted by Crippen LogP contribution is -2.50. The summed E-state index contributed by atoms with van der Waals surface area (Å²) in [5.41, 5.74) is 1.26. The summed E-state index contributed by atoms with van der Waals surface area (Å²) < 4.78 is 7.35. The lowest BCUT2D eigenvalue weighted by Gasteiger charge is -2.39. The van der Waals surface area contributed by atoms with E-state index in [1.807, 2.05) is 7.05 Å². The predicted molar refractivity (Wildman–Crippen MR) is 102 cm³/mol. The number of carbonyl (C=O) groups is 1. The quantitative estimate of drug-likeness (QED) is 0.875. The van der Waals surface area contributed by atoms with Crippen LogP contribution >= 0.6 is 11.3 Å². The molecule has 4 rings (SSSR count). The van der Waals surface area contributed by atoms with Crippen molar-refractivity contribution in [1.29, 1.82) is 0 Å². The minimum absolute atomic E-state index is 0.0235. The molecule has 1 aromatic carbocycles. The largest absolute Gasteiger partial charge is 0.375 e. The van der Waals surface area contributed by atoms with Crippen LogP contribution < -0.4 is 5.32 Å². The Bertz CT molecular complexity index is 751. The second-order valence-corrected chi connectivity index (χ2v) is 8.40. The van der Waals surface area contributed by atoms with Crippen molar-refractivity contribution < 1.29 is 9.53 Å². The number of ether oxygens (including phenoxy) is 1. The second kappa shape index (κ2) is 6.96. The predicted octanol–water partition coefficient (Wildman–Crippen LogP) is 4.53. The SMILES string of the molecule is CN(Cc1csc2ccccc12)C(=O)NC1CCOC2(CCCC2)C1. The molecule has 1 saturated heterocycles. The van der Waals surface area contributed by atoms with Crippen LogP contribution in [0.4, 0.5) is 4.79 Å². The highest BCUT2D eigenvalue weighted by Gasteiger charge is 2.40. The van der Waals surface area contributed by atoms with Crippen LogP contribution in [0.25, 0.3) is 10.1 Å². The van der Waals surface area contributed by atoms with Crippen molar-refractivity contribution in [2.24, 2.45) is 0 Å². The Morgan fingerprint density at radius 1 is 1.36 bits per heavy atom.